The van der Waals surface area contributed by atoms with Crippen molar-refractivity contribution in [3.8, 4) is 0 Å². The Labute approximate surface area is 162 Å². The smallest absolute Gasteiger partial charge is 0.191 e. The predicted molar refractivity (Wildman–Crippen MR) is 112 cm³/mol. The lowest BCUT2D eigenvalue weighted by atomic mass is 9.83. The summed E-state index contributed by atoms with van der Waals surface area (Å²) in [6.45, 7) is 5.40. The number of ether oxygens (including phenoxy) is 1. The van der Waals surface area contributed by atoms with Crippen LogP contribution in [0.15, 0.2) is 41.5 Å². The normalized spacial score (nSPS) is 16.6. The minimum absolute atomic E-state index is 0.343. The number of aliphatic imine (C=N–C) groups is 1. The number of guanidine groups is 1. The van der Waals surface area contributed by atoms with Gasteiger partial charge in [0.1, 0.15) is 0 Å². The van der Waals surface area contributed by atoms with Crippen molar-refractivity contribution in [1.82, 2.24) is 15.6 Å². The van der Waals surface area contributed by atoms with Gasteiger partial charge in [0.15, 0.2) is 5.96 Å². The Morgan fingerprint density at radius 3 is 2.78 bits per heavy atom. The van der Waals surface area contributed by atoms with Crippen LogP contribution in [0, 0.1) is 5.41 Å². The fourth-order valence-electron chi connectivity index (χ4n) is 4.05. The second-order valence-corrected chi connectivity index (χ2v) is 7.42. The number of nitrogens with one attached hydrogen (secondary N) is 2. The quantitative estimate of drug-likeness (QED) is 0.422. The molecule has 0 aliphatic heterocycles. The summed E-state index contributed by atoms with van der Waals surface area (Å²) in [7, 11) is 1.83. The third kappa shape index (κ3) is 5.19. The molecule has 0 saturated heterocycles. The van der Waals surface area contributed by atoms with Gasteiger partial charge >= 0.3 is 0 Å². The number of hydrogen-bond donors (Lipinski definition) is 2. The molecule has 1 heterocycles. The van der Waals surface area contributed by atoms with Crippen molar-refractivity contribution in [2.75, 3.05) is 26.8 Å². The Balaban J connectivity index is 1.57. The molecule has 1 aromatic heterocycles. The van der Waals surface area contributed by atoms with E-state index in [4.69, 9.17) is 4.74 Å². The SMILES string of the molecule is CCOCCC1(CNC(=NC)NCc2ccnc3ccccc23)CCCC1. The van der Waals surface area contributed by atoms with Crippen molar-refractivity contribution in [2.45, 2.75) is 45.6 Å². The van der Waals surface area contributed by atoms with E-state index in [1.165, 1.54) is 36.6 Å². The van der Waals surface area contributed by atoms with Crippen molar-refractivity contribution >= 4 is 16.9 Å². The average Bonchev–Trinajstić information content (AvgIpc) is 3.17. The second-order valence-electron chi connectivity index (χ2n) is 7.42. The molecule has 5 heteroatoms. The summed E-state index contributed by atoms with van der Waals surface area (Å²) in [5.74, 6) is 0.860. The third-order valence-corrected chi connectivity index (χ3v) is 5.69. The molecule has 0 unspecified atom stereocenters. The van der Waals surface area contributed by atoms with Crippen molar-refractivity contribution in [1.29, 1.82) is 0 Å². The summed E-state index contributed by atoms with van der Waals surface area (Å²) in [4.78, 5) is 8.86. The number of aromatic nitrogens is 1. The van der Waals surface area contributed by atoms with Gasteiger partial charge in [-0.05, 0) is 49.3 Å². The van der Waals surface area contributed by atoms with E-state index in [0.717, 1.165) is 44.2 Å². The van der Waals surface area contributed by atoms with Crippen LogP contribution in [0.4, 0.5) is 0 Å². The van der Waals surface area contributed by atoms with Gasteiger partial charge in [0.25, 0.3) is 0 Å². The van der Waals surface area contributed by atoms with Crippen molar-refractivity contribution in [3.63, 3.8) is 0 Å². The maximum absolute atomic E-state index is 5.62. The van der Waals surface area contributed by atoms with E-state index in [1.807, 2.05) is 25.4 Å². The van der Waals surface area contributed by atoms with E-state index in [-0.39, 0.29) is 0 Å². The molecule has 146 valence electrons. The summed E-state index contributed by atoms with van der Waals surface area (Å²) in [6, 6.07) is 10.3. The zero-order valence-corrected chi connectivity index (χ0v) is 16.6. The summed E-state index contributed by atoms with van der Waals surface area (Å²) in [5.41, 5.74) is 2.60. The van der Waals surface area contributed by atoms with Gasteiger partial charge in [-0.1, -0.05) is 31.0 Å². The van der Waals surface area contributed by atoms with Gasteiger partial charge in [0.2, 0.25) is 0 Å². The maximum atomic E-state index is 5.62. The second kappa shape index (κ2) is 9.70. The summed E-state index contributed by atoms with van der Waals surface area (Å²) in [5, 5.41) is 8.22. The first kappa shape index (κ1) is 19.6. The molecule has 0 spiro atoms. The molecule has 0 bridgehead atoms. The standard InChI is InChI=1S/C22H32N4O/c1-3-27-15-13-22(11-6-7-12-22)17-26-21(23-2)25-16-18-10-14-24-20-9-5-4-8-19(18)20/h4-5,8-10,14H,3,6-7,11-13,15-17H2,1-2H3,(H2,23,25,26). The molecule has 1 saturated carbocycles. The minimum Gasteiger partial charge on any atom is -0.382 e. The topological polar surface area (TPSA) is 58.5 Å². The van der Waals surface area contributed by atoms with Crippen LogP contribution in [0.25, 0.3) is 10.9 Å². The highest BCUT2D eigenvalue weighted by Crippen LogP contribution is 2.40. The monoisotopic (exact) mass is 368 g/mol. The number of rotatable bonds is 8. The lowest BCUT2D eigenvalue weighted by Gasteiger charge is -2.30. The molecule has 0 radical (unpaired) electrons. The van der Waals surface area contributed by atoms with Crippen LogP contribution in [0.5, 0.6) is 0 Å². The average molecular weight is 369 g/mol. The van der Waals surface area contributed by atoms with Crippen LogP contribution < -0.4 is 10.6 Å². The molecule has 1 fully saturated rings. The summed E-state index contributed by atoms with van der Waals surface area (Å²) in [6.07, 6.45) is 8.19. The van der Waals surface area contributed by atoms with Gasteiger partial charge in [-0.15, -0.1) is 0 Å². The highest BCUT2D eigenvalue weighted by atomic mass is 16.5. The molecule has 5 nitrogen and oxygen atoms in total. The van der Waals surface area contributed by atoms with Gasteiger partial charge < -0.3 is 15.4 Å². The van der Waals surface area contributed by atoms with Crippen molar-refractivity contribution < 1.29 is 4.74 Å². The van der Waals surface area contributed by atoms with E-state index in [9.17, 15) is 0 Å². The lowest BCUT2D eigenvalue weighted by Crippen LogP contribution is -2.43. The molecule has 3 rings (SSSR count). The number of pyridine rings is 1. The molecule has 1 aromatic carbocycles. The van der Waals surface area contributed by atoms with Crippen LogP contribution >= 0.6 is 0 Å². The minimum atomic E-state index is 0.343. The maximum Gasteiger partial charge on any atom is 0.191 e. The fourth-order valence-corrected chi connectivity index (χ4v) is 4.05. The zero-order chi connectivity index (χ0) is 19.0. The Morgan fingerprint density at radius 1 is 1.19 bits per heavy atom. The predicted octanol–water partition coefficient (Wildman–Crippen LogP) is 3.89. The molecule has 1 aliphatic rings. The van der Waals surface area contributed by atoms with Gasteiger partial charge in [0, 0.05) is 44.9 Å². The number of fused-ring (bicyclic) bond motifs is 1. The number of hydrogen-bond acceptors (Lipinski definition) is 3. The Morgan fingerprint density at radius 2 is 2.00 bits per heavy atom. The van der Waals surface area contributed by atoms with Crippen LogP contribution in [-0.4, -0.2) is 37.7 Å². The fraction of sp³-hybridized carbons (Fsp3) is 0.545. The Bertz CT molecular complexity index is 748. The number of para-hydroxylation sites is 1. The van der Waals surface area contributed by atoms with Crippen LogP contribution in [-0.2, 0) is 11.3 Å². The molecule has 0 atom stereocenters. The van der Waals surface area contributed by atoms with E-state index < -0.39 is 0 Å². The largest absolute Gasteiger partial charge is 0.382 e. The van der Waals surface area contributed by atoms with Gasteiger partial charge in [0.05, 0.1) is 5.52 Å². The highest BCUT2D eigenvalue weighted by molar-refractivity contribution is 5.83. The third-order valence-electron chi connectivity index (χ3n) is 5.69. The first-order valence-corrected chi connectivity index (χ1v) is 10.1. The van der Waals surface area contributed by atoms with E-state index in [1.54, 1.807) is 0 Å². The van der Waals surface area contributed by atoms with E-state index >= 15 is 0 Å². The van der Waals surface area contributed by atoms with Gasteiger partial charge in [-0.25, -0.2) is 0 Å². The van der Waals surface area contributed by atoms with E-state index in [2.05, 4.69) is 45.7 Å². The lowest BCUT2D eigenvalue weighted by molar-refractivity contribution is 0.105. The Kier molecular flexibility index (Phi) is 7.04. The Hall–Kier alpha value is -2.14. The molecule has 2 aromatic rings. The summed E-state index contributed by atoms with van der Waals surface area (Å²) < 4.78 is 5.62. The molecular formula is C22H32N4O. The van der Waals surface area contributed by atoms with Crippen LogP contribution in [0.2, 0.25) is 0 Å². The van der Waals surface area contributed by atoms with E-state index in [0.29, 0.717) is 5.41 Å². The molecule has 1 aliphatic carbocycles. The first-order chi connectivity index (χ1) is 13.3. The number of nitrogens with zero attached hydrogens (tertiary/aromatic N) is 2. The van der Waals surface area contributed by atoms with Gasteiger partial charge in [-0.3, -0.25) is 9.98 Å². The van der Waals surface area contributed by atoms with Crippen LogP contribution in [0.3, 0.4) is 0 Å². The first-order valence-electron chi connectivity index (χ1n) is 10.1. The summed E-state index contributed by atoms with van der Waals surface area (Å²) >= 11 is 0. The molecule has 27 heavy (non-hydrogen) atoms. The molecule has 0 amide bonds. The highest BCUT2D eigenvalue weighted by Gasteiger charge is 2.33. The van der Waals surface area contributed by atoms with Crippen LogP contribution in [0.1, 0.15) is 44.6 Å². The molecule has 2 N–H and O–H groups in total. The zero-order valence-electron chi connectivity index (χ0n) is 16.6. The molecular weight excluding hydrogens is 336 g/mol. The van der Waals surface area contributed by atoms with Gasteiger partial charge in [-0.2, -0.15) is 0 Å². The van der Waals surface area contributed by atoms with Crippen molar-refractivity contribution in [3.05, 3.63) is 42.1 Å². The number of benzene rings is 1. The van der Waals surface area contributed by atoms with Crippen molar-refractivity contribution in [2.24, 2.45) is 10.4 Å².